The zero-order chi connectivity index (χ0) is 25.3. The molecule has 0 bridgehead atoms. The number of aromatic nitrogens is 5. The van der Waals surface area contributed by atoms with Gasteiger partial charge >= 0.3 is 6.36 Å². The first-order chi connectivity index (χ1) is 17.2. The fourth-order valence-corrected chi connectivity index (χ4v) is 3.98. The van der Waals surface area contributed by atoms with Crippen molar-refractivity contribution in [3.63, 3.8) is 0 Å². The maximum Gasteiger partial charge on any atom is 0.573 e. The summed E-state index contributed by atoms with van der Waals surface area (Å²) in [5.74, 6) is 0.799. The monoisotopic (exact) mass is 500 g/mol. The lowest BCUT2D eigenvalue weighted by Crippen LogP contribution is -2.44. The highest BCUT2D eigenvalue weighted by Crippen LogP contribution is 2.34. The fourth-order valence-electron chi connectivity index (χ4n) is 3.98. The van der Waals surface area contributed by atoms with E-state index in [0.717, 1.165) is 37.6 Å². The molecule has 10 nitrogen and oxygen atoms in total. The van der Waals surface area contributed by atoms with E-state index >= 15 is 0 Å². The Hall–Kier alpha value is -4.13. The maximum absolute atomic E-state index is 13.2. The normalized spacial score (nSPS) is 14.8. The Morgan fingerprint density at radius 2 is 1.81 bits per heavy atom. The van der Waals surface area contributed by atoms with Gasteiger partial charge in [-0.3, -0.25) is 0 Å². The minimum atomic E-state index is -4.88. The van der Waals surface area contributed by atoms with Gasteiger partial charge in [-0.15, -0.1) is 18.3 Å². The number of hydrogen-bond acceptors (Lipinski definition) is 9. The Balaban J connectivity index is 1.42. The minimum Gasteiger partial charge on any atom is -0.486 e. The number of aromatic amines is 1. The van der Waals surface area contributed by atoms with E-state index in [1.807, 2.05) is 6.07 Å². The lowest BCUT2D eigenvalue weighted by molar-refractivity contribution is -0.275. The fraction of sp³-hybridized carbons (Fsp3) is 0.304. The van der Waals surface area contributed by atoms with E-state index in [9.17, 15) is 13.2 Å². The number of piperazine rings is 1. The van der Waals surface area contributed by atoms with Gasteiger partial charge < -0.3 is 25.0 Å². The molecule has 0 spiro atoms. The van der Waals surface area contributed by atoms with E-state index in [1.54, 1.807) is 18.3 Å². The topological polar surface area (TPSA) is 118 Å². The Kier molecular flexibility index (Phi) is 6.22. The number of H-pyrrole nitrogens is 1. The van der Waals surface area contributed by atoms with Crippen LogP contribution in [0.1, 0.15) is 5.56 Å². The number of fused-ring (bicyclic) bond motifs is 1. The lowest BCUT2D eigenvalue weighted by Gasteiger charge is -2.33. The largest absolute Gasteiger partial charge is 0.573 e. The van der Waals surface area contributed by atoms with Crippen molar-refractivity contribution in [2.45, 2.75) is 13.0 Å². The van der Waals surface area contributed by atoms with Crippen LogP contribution in [0.15, 0.2) is 42.6 Å². The highest BCUT2D eigenvalue weighted by Gasteiger charge is 2.32. The SMILES string of the molecule is CN1CCN(c2cc(-c3ccc(COc4cc(N)nc5[nH]nnc45)c(OC(F)(F)F)c3)ccn2)CC1. The van der Waals surface area contributed by atoms with Gasteiger partial charge in [-0.1, -0.05) is 17.3 Å². The number of ether oxygens (including phenoxy) is 2. The van der Waals surface area contributed by atoms with Crippen LogP contribution in [0.25, 0.3) is 22.3 Å². The van der Waals surface area contributed by atoms with E-state index in [0.29, 0.717) is 16.7 Å². The second kappa shape index (κ2) is 9.49. The van der Waals surface area contributed by atoms with Crippen LogP contribution in [0.4, 0.5) is 24.8 Å². The van der Waals surface area contributed by atoms with Crippen LogP contribution in [0, 0.1) is 0 Å². The first-order valence-electron chi connectivity index (χ1n) is 11.1. The van der Waals surface area contributed by atoms with Gasteiger partial charge in [0.05, 0.1) is 0 Å². The molecular weight excluding hydrogens is 477 g/mol. The van der Waals surface area contributed by atoms with Crippen molar-refractivity contribution in [2.75, 3.05) is 43.9 Å². The van der Waals surface area contributed by atoms with Crippen molar-refractivity contribution in [2.24, 2.45) is 0 Å². The summed E-state index contributed by atoms with van der Waals surface area (Å²) in [7, 11) is 2.06. The molecule has 188 valence electrons. The van der Waals surface area contributed by atoms with Gasteiger partial charge in [-0.2, -0.15) is 0 Å². The molecule has 1 aromatic carbocycles. The number of halogens is 3. The van der Waals surface area contributed by atoms with Gasteiger partial charge in [0.25, 0.3) is 0 Å². The van der Waals surface area contributed by atoms with E-state index in [2.05, 4.69) is 47.0 Å². The van der Waals surface area contributed by atoms with Gasteiger partial charge in [0, 0.05) is 44.0 Å². The Labute approximate surface area is 203 Å². The van der Waals surface area contributed by atoms with Crippen LogP contribution in [-0.2, 0) is 6.61 Å². The molecule has 1 aliphatic rings. The Morgan fingerprint density at radius 1 is 1.03 bits per heavy atom. The summed E-state index contributed by atoms with van der Waals surface area (Å²) in [6, 6.07) is 9.66. The van der Waals surface area contributed by atoms with Crippen LogP contribution < -0.4 is 20.1 Å². The van der Waals surface area contributed by atoms with E-state index < -0.39 is 6.36 Å². The molecule has 5 rings (SSSR count). The molecule has 1 saturated heterocycles. The molecule has 0 unspecified atom stereocenters. The summed E-state index contributed by atoms with van der Waals surface area (Å²) in [6.45, 7) is 3.25. The second-order valence-electron chi connectivity index (χ2n) is 8.41. The molecule has 1 aliphatic heterocycles. The van der Waals surface area contributed by atoms with Gasteiger partial charge in [-0.05, 0) is 36.4 Å². The molecule has 0 aliphatic carbocycles. The number of pyridine rings is 2. The third-order valence-corrected chi connectivity index (χ3v) is 5.87. The summed E-state index contributed by atoms with van der Waals surface area (Å²) >= 11 is 0. The van der Waals surface area contributed by atoms with Crippen LogP contribution in [-0.4, -0.2) is 69.9 Å². The number of nitrogens with two attached hydrogens (primary N) is 1. The molecule has 1 fully saturated rings. The summed E-state index contributed by atoms with van der Waals surface area (Å²) in [6.07, 6.45) is -3.22. The second-order valence-corrected chi connectivity index (χ2v) is 8.41. The number of alkyl halides is 3. The Morgan fingerprint density at radius 3 is 2.58 bits per heavy atom. The highest BCUT2D eigenvalue weighted by molar-refractivity contribution is 5.79. The molecular formula is C23H23F3N8O2. The van der Waals surface area contributed by atoms with Crippen LogP contribution >= 0.6 is 0 Å². The molecule has 3 N–H and O–H groups in total. The van der Waals surface area contributed by atoms with Gasteiger partial charge in [-0.25, -0.2) is 15.1 Å². The summed E-state index contributed by atoms with van der Waals surface area (Å²) in [5, 5.41) is 10.1. The molecule has 0 amide bonds. The van der Waals surface area contributed by atoms with Crippen molar-refractivity contribution in [3.8, 4) is 22.6 Å². The van der Waals surface area contributed by atoms with E-state index in [1.165, 1.54) is 18.2 Å². The van der Waals surface area contributed by atoms with Crippen molar-refractivity contribution in [3.05, 3.63) is 48.2 Å². The molecule has 0 saturated carbocycles. The average Bonchev–Trinajstić information content (AvgIpc) is 3.31. The number of nitrogen functional groups attached to an aromatic ring is 1. The third kappa shape index (κ3) is 5.25. The number of nitrogens with one attached hydrogen (secondary N) is 1. The predicted molar refractivity (Wildman–Crippen MR) is 126 cm³/mol. The zero-order valence-electron chi connectivity index (χ0n) is 19.3. The molecule has 13 heteroatoms. The van der Waals surface area contributed by atoms with Crippen LogP contribution in [0.2, 0.25) is 0 Å². The number of hydrogen-bond donors (Lipinski definition) is 2. The minimum absolute atomic E-state index is 0.152. The van der Waals surface area contributed by atoms with Crippen LogP contribution in [0.3, 0.4) is 0 Å². The lowest BCUT2D eigenvalue weighted by atomic mass is 10.0. The number of likely N-dealkylation sites (N-methyl/N-ethyl adjacent to an activating group) is 1. The molecule has 3 aromatic heterocycles. The summed E-state index contributed by atoms with van der Waals surface area (Å²) in [4.78, 5) is 12.9. The first-order valence-corrected chi connectivity index (χ1v) is 11.1. The van der Waals surface area contributed by atoms with Gasteiger partial charge in [0.1, 0.15) is 24.0 Å². The molecule has 36 heavy (non-hydrogen) atoms. The molecule has 0 radical (unpaired) electrons. The number of rotatable bonds is 6. The maximum atomic E-state index is 13.2. The van der Waals surface area contributed by atoms with Gasteiger partial charge in [0.2, 0.25) is 0 Å². The smallest absolute Gasteiger partial charge is 0.486 e. The van der Waals surface area contributed by atoms with Gasteiger partial charge in [0.15, 0.2) is 16.9 Å². The Bertz CT molecular complexity index is 1370. The quantitative estimate of drug-likeness (QED) is 0.411. The third-order valence-electron chi connectivity index (χ3n) is 5.87. The summed E-state index contributed by atoms with van der Waals surface area (Å²) < 4.78 is 49.8. The average molecular weight is 500 g/mol. The van der Waals surface area contributed by atoms with E-state index in [4.69, 9.17) is 10.5 Å². The van der Waals surface area contributed by atoms with Crippen molar-refractivity contribution in [1.82, 2.24) is 30.3 Å². The number of anilines is 2. The molecule has 4 aromatic rings. The summed E-state index contributed by atoms with van der Waals surface area (Å²) in [5.41, 5.74) is 7.87. The van der Waals surface area contributed by atoms with Crippen LogP contribution in [0.5, 0.6) is 11.5 Å². The standard InChI is InChI=1S/C23H23F3N8O2/c1-33-6-8-34(9-7-33)20-11-15(4-5-28-20)14-2-3-16(17(10-14)36-23(24,25)26)13-35-18-12-19(27)29-22-21(18)30-32-31-22/h2-5,10-12H,6-9,13H2,1H3,(H3,27,29,30,31,32). The number of nitrogens with zero attached hydrogens (tertiary/aromatic N) is 6. The molecule has 0 atom stereocenters. The number of benzene rings is 1. The predicted octanol–water partition coefficient (Wildman–Crippen LogP) is 3.23. The van der Waals surface area contributed by atoms with E-state index in [-0.39, 0.29) is 29.5 Å². The zero-order valence-corrected chi connectivity index (χ0v) is 19.3. The van der Waals surface area contributed by atoms with Crippen molar-refractivity contribution in [1.29, 1.82) is 0 Å². The first kappa shape index (κ1) is 23.6. The van der Waals surface area contributed by atoms with Crippen molar-refractivity contribution >= 4 is 22.8 Å². The van der Waals surface area contributed by atoms with Crippen molar-refractivity contribution < 1.29 is 22.6 Å². The molecule has 4 heterocycles. The highest BCUT2D eigenvalue weighted by atomic mass is 19.4.